The van der Waals surface area contributed by atoms with E-state index in [9.17, 15) is 17.6 Å². The van der Waals surface area contributed by atoms with Gasteiger partial charge in [-0.15, -0.1) is 0 Å². The summed E-state index contributed by atoms with van der Waals surface area (Å²) in [5.41, 5.74) is 0.951. The lowest BCUT2D eigenvalue weighted by atomic mass is 10.1. The predicted octanol–water partition coefficient (Wildman–Crippen LogP) is 4.11. The molecular weight excluding hydrogens is 435 g/mol. The van der Waals surface area contributed by atoms with Gasteiger partial charge in [0.05, 0.1) is 10.9 Å². The fraction of sp³-hybridized carbons (Fsp3) is 0.316. The highest BCUT2D eigenvalue weighted by Crippen LogP contribution is 2.20. The van der Waals surface area contributed by atoms with E-state index < -0.39 is 21.7 Å². The third-order valence-electron chi connectivity index (χ3n) is 4.20. The molecule has 2 aromatic carbocycles. The van der Waals surface area contributed by atoms with Crippen molar-refractivity contribution in [2.75, 3.05) is 13.1 Å². The normalized spacial score (nSPS) is 12.8. The first-order valence-corrected chi connectivity index (χ1v) is 10.8. The summed E-state index contributed by atoms with van der Waals surface area (Å²) in [6.07, 6.45) is 0. The van der Waals surface area contributed by atoms with Crippen LogP contribution in [0.4, 0.5) is 4.39 Å². The molecule has 0 aliphatic heterocycles. The van der Waals surface area contributed by atoms with Crippen molar-refractivity contribution in [2.24, 2.45) is 0 Å². The number of amides is 1. The first-order chi connectivity index (χ1) is 12.7. The highest BCUT2D eigenvalue weighted by molar-refractivity contribution is 9.10. The van der Waals surface area contributed by atoms with Crippen LogP contribution < -0.4 is 5.32 Å². The van der Waals surface area contributed by atoms with Gasteiger partial charge in [-0.25, -0.2) is 12.8 Å². The van der Waals surface area contributed by atoms with E-state index >= 15 is 0 Å². The molecule has 1 atom stereocenters. The number of carbonyl (C=O) groups excluding carboxylic acids is 1. The second-order valence-electron chi connectivity index (χ2n) is 6.01. The topological polar surface area (TPSA) is 66.5 Å². The minimum Gasteiger partial charge on any atom is -0.346 e. The van der Waals surface area contributed by atoms with Crippen LogP contribution in [0.5, 0.6) is 0 Å². The van der Waals surface area contributed by atoms with E-state index in [0.717, 1.165) is 11.6 Å². The molecule has 0 aliphatic carbocycles. The van der Waals surface area contributed by atoms with Crippen LogP contribution in [0, 0.1) is 5.82 Å². The molecule has 0 heterocycles. The molecule has 146 valence electrons. The highest BCUT2D eigenvalue weighted by atomic mass is 79.9. The molecule has 8 heteroatoms. The highest BCUT2D eigenvalue weighted by Gasteiger charge is 2.22. The zero-order chi connectivity index (χ0) is 20.2. The molecule has 0 aliphatic rings. The molecule has 0 saturated carbocycles. The molecule has 0 fully saturated rings. The van der Waals surface area contributed by atoms with Gasteiger partial charge in [0, 0.05) is 23.1 Å². The Bertz CT molecular complexity index is 893. The van der Waals surface area contributed by atoms with Gasteiger partial charge in [0.25, 0.3) is 5.91 Å². The zero-order valence-electron chi connectivity index (χ0n) is 15.4. The minimum absolute atomic E-state index is 0.203. The number of hydrogen-bond donors (Lipinski definition) is 1. The summed E-state index contributed by atoms with van der Waals surface area (Å²) >= 11 is 3.16. The van der Waals surface area contributed by atoms with Crippen molar-refractivity contribution in [1.29, 1.82) is 0 Å². The Morgan fingerprint density at radius 2 is 1.74 bits per heavy atom. The van der Waals surface area contributed by atoms with Gasteiger partial charge in [-0.05, 0) is 42.8 Å². The van der Waals surface area contributed by atoms with Crippen molar-refractivity contribution in [3.05, 3.63) is 63.9 Å². The van der Waals surface area contributed by atoms with Crippen LogP contribution >= 0.6 is 15.9 Å². The van der Waals surface area contributed by atoms with E-state index in [1.165, 1.54) is 28.6 Å². The maximum atomic E-state index is 13.5. The summed E-state index contributed by atoms with van der Waals surface area (Å²) in [6, 6.07) is 10.00. The van der Waals surface area contributed by atoms with Crippen molar-refractivity contribution in [3.8, 4) is 0 Å². The minimum atomic E-state index is -3.52. The molecule has 0 radical (unpaired) electrons. The van der Waals surface area contributed by atoms with Gasteiger partial charge < -0.3 is 5.32 Å². The summed E-state index contributed by atoms with van der Waals surface area (Å²) < 4.78 is 40.4. The lowest BCUT2D eigenvalue weighted by molar-refractivity contribution is 0.0939. The lowest BCUT2D eigenvalue weighted by Crippen LogP contribution is -2.30. The standard InChI is InChI=1S/C19H22BrFN2O3S/c1-4-23(5-2)27(25,26)18-8-6-14(7-9-18)13(3)22-19(24)15-10-16(20)12-17(21)11-15/h6-13H,4-5H2,1-3H3,(H,22,24). The average molecular weight is 457 g/mol. The number of halogens is 2. The number of benzene rings is 2. The Morgan fingerprint density at radius 1 is 1.15 bits per heavy atom. The Balaban J connectivity index is 2.16. The first-order valence-electron chi connectivity index (χ1n) is 8.56. The molecule has 27 heavy (non-hydrogen) atoms. The van der Waals surface area contributed by atoms with Crippen molar-refractivity contribution in [2.45, 2.75) is 31.7 Å². The summed E-state index contributed by atoms with van der Waals surface area (Å²) in [5, 5.41) is 2.78. The molecule has 1 N–H and O–H groups in total. The van der Waals surface area contributed by atoms with Crippen LogP contribution in [0.25, 0.3) is 0 Å². The van der Waals surface area contributed by atoms with E-state index in [1.54, 1.807) is 32.9 Å². The molecule has 5 nitrogen and oxygen atoms in total. The van der Waals surface area contributed by atoms with Crippen LogP contribution in [-0.4, -0.2) is 31.7 Å². The monoisotopic (exact) mass is 456 g/mol. The number of nitrogens with one attached hydrogen (secondary N) is 1. The Labute approximate surface area is 167 Å². The smallest absolute Gasteiger partial charge is 0.251 e. The van der Waals surface area contributed by atoms with Gasteiger partial charge in [-0.2, -0.15) is 4.31 Å². The molecule has 0 spiro atoms. The second-order valence-corrected chi connectivity index (χ2v) is 8.87. The fourth-order valence-corrected chi connectivity index (χ4v) is 4.61. The third kappa shape index (κ3) is 5.15. The lowest BCUT2D eigenvalue weighted by Gasteiger charge is -2.19. The van der Waals surface area contributed by atoms with Crippen molar-refractivity contribution in [1.82, 2.24) is 9.62 Å². The van der Waals surface area contributed by atoms with Crippen molar-refractivity contribution < 1.29 is 17.6 Å². The van der Waals surface area contributed by atoms with Crippen LogP contribution in [0.15, 0.2) is 51.8 Å². The quantitative estimate of drug-likeness (QED) is 0.681. The summed E-state index contributed by atoms with van der Waals surface area (Å²) in [5.74, 6) is -0.921. The van der Waals surface area contributed by atoms with Crippen LogP contribution in [0.1, 0.15) is 42.7 Å². The summed E-state index contributed by atoms with van der Waals surface area (Å²) in [4.78, 5) is 12.5. The van der Waals surface area contributed by atoms with Gasteiger partial charge in [-0.3, -0.25) is 4.79 Å². The molecule has 2 aromatic rings. The molecule has 0 aromatic heterocycles. The summed E-state index contributed by atoms with van der Waals surface area (Å²) in [7, 11) is -3.52. The van der Waals surface area contributed by atoms with Crippen molar-refractivity contribution in [3.63, 3.8) is 0 Å². The predicted molar refractivity (Wildman–Crippen MR) is 107 cm³/mol. The Morgan fingerprint density at radius 3 is 2.26 bits per heavy atom. The van der Waals surface area contributed by atoms with Gasteiger partial charge in [0.2, 0.25) is 10.0 Å². The fourth-order valence-electron chi connectivity index (χ4n) is 2.69. The second kappa shape index (κ2) is 8.95. The van der Waals surface area contributed by atoms with Crippen LogP contribution in [0.2, 0.25) is 0 Å². The zero-order valence-corrected chi connectivity index (χ0v) is 17.8. The SMILES string of the molecule is CCN(CC)S(=O)(=O)c1ccc(C(C)NC(=O)c2cc(F)cc(Br)c2)cc1. The average Bonchev–Trinajstić information content (AvgIpc) is 2.61. The number of rotatable bonds is 7. The molecular formula is C19H22BrFN2O3S. The Hall–Kier alpha value is -1.77. The van der Waals surface area contributed by atoms with Gasteiger partial charge in [-0.1, -0.05) is 41.9 Å². The van der Waals surface area contributed by atoms with E-state index in [0.29, 0.717) is 17.6 Å². The molecule has 2 rings (SSSR count). The first kappa shape index (κ1) is 21.5. The number of carbonyl (C=O) groups is 1. The molecule has 0 saturated heterocycles. The maximum Gasteiger partial charge on any atom is 0.251 e. The largest absolute Gasteiger partial charge is 0.346 e. The number of nitrogens with zero attached hydrogens (tertiary/aromatic N) is 1. The summed E-state index contributed by atoms with van der Waals surface area (Å²) in [6.45, 7) is 6.15. The number of hydrogen-bond acceptors (Lipinski definition) is 3. The van der Waals surface area contributed by atoms with E-state index in [-0.39, 0.29) is 16.5 Å². The van der Waals surface area contributed by atoms with Gasteiger partial charge >= 0.3 is 0 Å². The molecule has 0 bridgehead atoms. The van der Waals surface area contributed by atoms with Crippen LogP contribution in [0.3, 0.4) is 0 Å². The van der Waals surface area contributed by atoms with Crippen molar-refractivity contribution >= 4 is 31.9 Å². The van der Waals surface area contributed by atoms with Crippen LogP contribution in [-0.2, 0) is 10.0 Å². The maximum absolute atomic E-state index is 13.5. The van der Waals surface area contributed by atoms with E-state index in [1.807, 2.05) is 0 Å². The molecule has 1 amide bonds. The number of sulfonamides is 1. The molecule has 1 unspecified atom stereocenters. The van der Waals surface area contributed by atoms with E-state index in [2.05, 4.69) is 21.2 Å². The third-order valence-corrected chi connectivity index (χ3v) is 6.72. The Kier molecular flexibility index (Phi) is 7.13. The van der Waals surface area contributed by atoms with Gasteiger partial charge in [0.1, 0.15) is 5.82 Å². The van der Waals surface area contributed by atoms with E-state index in [4.69, 9.17) is 0 Å². The van der Waals surface area contributed by atoms with Gasteiger partial charge in [0.15, 0.2) is 0 Å².